The molecule has 0 fully saturated rings. The van der Waals surface area contributed by atoms with Crippen molar-refractivity contribution in [2.75, 3.05) is 0 Å². The second-order valence-corrected chi connectivity index (χ2v) is 5.58. The monoisotopic (exact) mass is 296 g/mol. The van der Waals surface area contributed by atoms with Crippen LogP contribution in [0.3, 0.4) is 0 Å². The predicted molar refractivity (Wildman–Crippen MR) is 71.8 cm³/mol. The molecule has 2 rings (SSSR count). The number of thiophene rings is 1. The fourth-order valence-corrected chi connectivity index (χ4v) is 3.38. The van der Waals surface area contributed by atoms with Crippen molar-refractivity contribution < 1.29 is 5.11 Å². The zero-order chi connectivity index (χ0) is 11.5. The van der Waals surface area contributed by atoms with Crippen molar-refractivity contribution in [2.24, 2.45) is 0 Å². The lowest BCUT2D eigenvalue weighted by Crippen LogP contribution is -2.06. The van der Waals surface area contributed by atoms with Crippen LogP contribution in [0, 0.1) is 0 Å². The second kappa shape index (κ2) is 5.13. The van der Waals surface area contributed by atoms with Gasteiger partial charge in [0.1, 0.15) is 0 Å². The molecule has 2 aromatic rings. The van der Waals surface area contributed by atoms with Crippen LogP contribution >= 0.6 is 27.3 Å². The maximum absolute atomic E-state index is 10.3. The minimum absolute atomic E-state index is 0.108. The Morgan fingerprint density at radius 1 is 1.19 bits per heavy atom. The van der Waals surface area contributed by atoms with Gasteiger partial charge in [-0.25, -0.2) is 0 Å². The number of hydrogen-bond acceptors (Lipinski definition) is 2. The minimum Gasteiger partial charge on any atom is -0.387 e. The fourth-order valence-electron chi connectivity index (χ4n) is 1.68. The highest BCUT2D eigenvalue weighted by molar-refractivity contribution is 9.10. The lowest BCUT2D eigenvalue weighted by molar-refractivity contribution is 0.154. The molecule has 0 aliphatic heterocycles. The summed E-state index contributed by atoms with van der Waals surface area (Å²) in [5.41, 5.74) is 1.16. The molecule has 0 bridgehead atoms. The van der Waals surface area contributed by atoms with E-state index in [0.717, 1.165) is 14.9 Å². The summed E-state index contributed by atoms with van der Waals surface area (Å²) in [6, 6.07) is 12.1. The average Bonchev–Trinajstić information content (AvgIpc) is 2.75. The Morgan fingerprint density at radius 3 is 2.44 bits per heavy atom. The fraction of sp³-hybridized carbons (Fsp3) is 0.231. The van der Waals surface area contributed by atoms with Gasteiger partial charge in [-0.15, -0.1) is 11.3 Å². The van der Waals surface area contributed by atoms with E-state index in [0.29, 0.717) is 0 Å². The van der Waals surface area contributed by atoms with E-state index in [4.69, 9.17) is 0 Å². The summed E-state index contributed by atoms with van der Waals surface area (Å²) in [7, 11) is 0. The van der Waals surface area contributed by atoms with Crippen molar-refractivity contribution >= 4 is 27.3 Å². The first kappa shape index (κ1) is 11.8. The van der Waals surface area contributed by atoms with Gasteiger partial charge in [0.25, 0.3) is 0 Å². The maximum Gasteiger partial charge on any atom is 0.0958 e. The van der Waals surface area contributed by atoms with E-state index in [1.54, 1.807) is 11.3 Å². The van der Waals surface area contributed by atoms with Crippen LogP contribution in [0.15, 0.2) is 46.3 Å². The van der Waals surface area contributed by atoms with Crippen molar-refractivity contribution in [1.29, 1.82) is 0 Å². The van der Waals surface area contributed by atoms with Crippen LogP contribution in [-0.2, 0) is 0 Å². The zero-order valence-corrected chi connectivity index (χ0v) is 11.3. The molecule has 0 spiro atoms. The summed E-state index contributed by atoms with van der Waals surface area (Å²) in [6.45, 7) is 2.05. The third kappa shape index (κ3) is 2.37. The number of aliphatic hydroxyl groups excluding tert-OH is 1. The molecule has 0 saturated heterocycles. The van der Waals surface area contributed by atoms with Gasteiger partial charge in [0.2, 0.25) is 0 Å². The van der Waals surface area contributed by atoms with Crippen molar-refractivity contribution in [2.45, 2.75) is 18.9 Å². The molecule has 0 radical (unpaired) electrons. The first-order valence-corrected chi connectivity index (χ1v) is 6.83. The van der Waals surface area contributed by atoms with E-state index in [2.05, 4.69) is 28.1 Å². The molecule has 1 nitrogen and oxygen atoms in total. The number of hydrogen-bond donors (Lipinski definition) is 1. The molecule has 0 amide bonds. The normalized spacial score (nSPS) is 14.7. The van der Waals surface area contributed by atoms with Gasteiger partial charge < -0.3 is 5.11 Å². The van der Waals surface area contributed by atoms with Crippen molar-refractivity contribution in [3.05, 3.63) is 56.7 Å². The highest BCUT2D eigenvalue weighted by Crippen LogP contribution is 2.37. The van der Waals surface area contributed by atoms with Crippen molar-refractivity contribution in [3.63, 3.8) is 0 Å². The van der Waals surface area contributed by atoms with Gasteiger partial charge in [-0.1, -0.05) is 37.3 Å². The molecule has 0 saturated carbocycles. The van der Waals surface area contributed by atoms with Gasteiger partial charge in [0.15, 0.2) is 0 Å². The molecule has 84 valence electrons. The van der Waals surface area contributed by atoms with Crippen LogP contribution in [-0.4, -0.2) is 5.11 Å². The average molecular weight is 297 g/mol. The minimum atomic E-state index is -0.447. The third-order valence-electron chi connectivity index (χ3n) is 2.71. The highest BCUT2D eigenvalue weighted by atomic mass is 79.9. The van der Waals surface area contributed by atoms with Gasteiger partial charge in [0.05, 0.1) is 6.10 Å². The topological polar surface area (TPSA) is 20.2 Å². The van der Waals surface area contributed by atoms with E-state index in [9.17, 15) is 5.11 Å². The largest absolute Gasteiger partial charge is 0.387 e. The molecule has 1 aromatic heterocycles. The lowest BCUT2D eigenvalue weighted by atomic mass is 9.94. The molecule has 0 aliphatic carbocycles. The molecule has 1 heterocycles. The van der Waals surface area contributed by atoms with E-state index in [-0.39, 0.29) is 5.92 Å². The Hall–Kier alpha value is -0.640. The van der Waals surface area contributed by atoms with Crippen LogP contribution in [0.5, 0.6) is 0 Å². The number of rotatable bonds is 3. The number of benzene rings is 1. The van der Waals surface area contributed by atoms with E-state index < -0.39 is 6.10 Å². The molecule has 2 unspecified atom stereocenters. The highest BCUT2D eigenvalue weighted by Gasteiger charge is 2.21. The van der Waals surface area contributed by atoms with Crippen LogP contribution in [0.2, 0.25) is 0 Å². The van der Waals surface area contributed by atoms with Crippen molar-refractivity contribution in [1.82, 2.24) is 0 Å². The van der Waals surface area contributed by atoms with Crippen LogP contribution in [0.25, 0.3) is 0 Å². The van der Waals surface area contributed by atoms with Crippen molar-refractivity contribution in [3.8, 4) is 0 Å². The van der Waals surface area contributed by atoms with Gasteiger partial charge in [0, 0.05) is 15.3 Å². The SMILES string of the molecule is CC(c1ccccc1)C(O)c1sccc1Br. The van der Waals surface area contributed by atoms with E-state index in [1.807, 2.05) is 36.6 Å². The summed E-state index contributed by atoms with van der Waals surface area (Å²) in [4.78, 5) is 0.997. The first-order chi connectivity index (χ1) is 7.70. The third-order valence-corrected chi connectivity index (χ3v) is 4.65. The Morgan fingerprint density at radius 2 is 1.88 bits per heavy atom. The molecule has 2 atom stereocenters. The quantitative estimate of drug-likeness (QED) is 0.893. The van der Waals surface area contributed by atoms with Crippen LogP contribution in [0.4, 0.5) is 0 Å². The summed E-state index contributed by atoms with van der Waals surface area (Å²) in [5.74, 6) is 0.108. The van der Waals surface area contributed by atoms with Gasteiger partial charge in [-0.2, -0.15) is 0 Å². The van der Waals surface area contributed by atoms with Gasteiger partial charge >= 0.3 is 0 Å². The standard InChI is InChI=1S/C13H13BrOS/c1-9(10-5-3-2-4-6-10)12(15)13-11(14)7-8-16-13/h2-9,12,15H,1H3. The Kier molecular flexibility index (Phi) is 3.79. The Labute approximate surface area is 108 Å². The summed E-state index contributed by atoms with van der Waals surface area (Å²) >= 11 is 5.04. The maximum atomic E-state index is 10.3. The second-order valence-electron chi connectivity index (χ2n) is 3.78. The number of aliphatic hydroxyl groups is 1. The Bertz CT molecular complexity index is 452. The lowest BCUT2D eigenvalue weighted by Gasteiger charge is -2.18. The first-order valence-electron chi connectivity index (χ1n) is 5.16. The smallest absolute Gasteiger partial charge is 0.0958 e. The summed E-state index contributed by atoms with van der Waals surface area (Å²) < 4.78 is 0.993. The van der Waals surface area contributed by atoms with Crippen LogP contribution in [0.1, 0.15) is 29.4 Å². The zero-order valence-electron chi connectivity index (χ0n) is 8.93. The molecule has 1 aromatic carbocycles. The van der Waals surface area contributed by atoms with E-state index in [1.165, 1.54) is 0 Å². The van der Waals surface area contributed by atoms with Gasteiger partial charge in [-0.3, -0.25) is 0 Å². The predicted octanol–water partition coefficient (Wildman–Crippen LogP) is 4.35. The Balaban J connectivity index is 2.23. The van der Waals surface area contributed by atoms with Gasteiger partial charge in [-0.05, 0) is 32.9 Å². The molecule has 1 N–H and O–H groups in total. The molecule has 16 heavy (non-hydrogen) atoms. The number of halogens is 1. The molecule has 3 heteroatoms. The van der Waals surface area contributed by atoms with Crippen LogP contribution < -0.4 is 0 Å². The van der Waals surface area contributed by atoms with E-state index >= 15 is 0 Å². The molecular formula is C13H13BrOS. The molecular weight excluding hydrogens is 284 g/mol. The summed E-state index contributed by atoms with van der Waals surface area (Å²) in [5, 5.41) is 12.3. The molecule has 0 aliphatic rings. The summed E-state index contributed by atoms with van der Waals surface area (Å²) in [6.07, 6.45) is -0.447.